The van der Waals surface area contributed by atoms with Crippen molar-refractivity contribution in [1.82, 2.24) is 0 Å². The third-order valence-electron chi connectivity index (χ3n) is 1.96. The van der Waals surface area contributed by atoms with Crippen LogP contribution in [0.5, 0.6) is 5.75 Å². The standard InChI is InChI=1S/C11H11NO3S/c1-7(11(13)14)16-10-5-9(15-2)4-3-8(10)6-12/h3-5,7H,1-2H3,(H,13,14). The summed E-state index contributed by atoms with van der Waals surface area (Å²) in [7, 11) is 1.52. The number of thioether (sulfide) groups is 1. The number of nitriles is 1. The number of methoxy groups -OCH3 is 1. The van der Waals surface area contributed by atoms with Crippen molar-refractivity contribution < 1.29 is 14.6 Å². The molecule has 4 nitrogen and oxygen atoms in total. The maximum absolute atomic E-state index is 10.7. The summed E-state index contributed by atoms with van der Waals surface area (Å²) in [6.45, 7) is 1.58. The molecule has 0 aromatic heterocycles. The molecule has 0 bridgehead atoms. The van der Waals surface area contributed by atoms with Gasteiger partial charge in [0, 0.05) is 4.90 Å². The van der Waals surface area contributed by atoms with Crippen LogP contribution in [-0.2, 0) is 4.79 Å². The highest BCUT2D eigenvalue weighted by molar-refractivity contribution is 8.00. The highest BCUT2D eigenvalue weighted by atomic mass is 32.2. The first-order chi connectivity index (χ1) is 7.58. The summed E-state index contributed by atoms with van der Waals surface area (Å²) in [6.07, 6.45) is 0. The van der Waals surface area contributed by atoms with Gasteiger partial charge in [0.2, 0.25) is 0 Å². The summed E-state index contributed by atoms with van der Waals surface area (Å²) in [5.41, 5.74) is 0.457. The molecule has 5 heteroatoms. The molecule has 0 fully saturated rings. The Morgan fingerprint density at radius 1 is 1.62 bits per heavy atom. The van der Waals surface area contributed by atoms with E-state index in [2.05, 4.69) is 0 Å². The lowest BCUT2D eigenvalue weighted by molar-refractivity contribution is -0.136. The number of hydrogen-bond acceptors (Lipinski definition) is 4. The van der Waals surface area contributed by atoms with Gasteiger partial charge in [0.15, 0.2) is 0 Å². The Morgan fingerprint density at radius 3 is 2.81 bits per heavy atom. The SMILES string of the molecule is COc1ccc(C#N)c(SC(C)C(=O)O)c1. The van der Waals surface area contributed by atoms with E-state index < -0.39 is 11.2 Å². The number of carboxylic acid groups (broad SMARTS) is 1. The number of benzene rings is 1. The molecular formula is C11H11NO3S. The molecule has 0 aliphatic carbocycles. The molecule has 0 saturated carbocycles. The van der Waals surface area contributed by atoms with Crippen molar-refractivity contribution in [2.24, 2.45) is 0 Å². The number of carbonyl (C=O) groups is 1. The van der Waals surface area contributed by atoms with Crippen LogP contribution in [0.3, 0.4) is 0 Å². The van der Waals surface area contributed by atoms with Gasteiger partial charge in [-0.05, 0) is 25.1 Å². The van der Waals surface area contributed by atoms with Crippen LogP contribution in [0.4, 0.5) is 0 Å². The molecule has 0 amide bonds. The molecule has 1 atom stereocenters. The van der Waals surface area contributed by atoms with E-state index in [0.717, 1.165) is 11.8 Å². The second-order valence-electron chi connectivity index (χ2n) is 3.07. The number of rotatable bonds is 4. The first-order valence-corrected chi connectivity index (χ1v) is 5.44. The number of aliphatic carboxylic acids is 1. The highest BCUT2D eigenvalue weighted by Gasteiger charge is 2.15. The predicted octanol–water partition coefficient (Wildman–Crippen LogP) is 2.13. The first kappa shape index (κ1) is 12.4. The van der Waals surface area contributed by atoms with Crippen LogP contribution in [0.15, 0.2) is 23.1 Å². The van der Waals surface area contributed by atoms with Gasteiger partial charge < -0.3 is 9.84 Å². The van der Waals surface area contributed by atoms with E-state index in [9.17, 15) is 4.79 Å². The summed E-state index contributed by atoms with van der Waals surface area (Å²) in [5, 5.41) is 17.1. The van der Waals surface area contributed by atoms with E-state index in [1.54, 1.807) is 25.1 Å². The molecule has 0 radical (unpaired) electrons. The number of carboxylic acids is 1. The van der Waals surface area contributed by atoms with Crippen LogP contribution < -0.4 is 4.74 Å². The number of nitrogens with zero attached hydrogens (tertiary/aromatic N) is 1. The molecule has 84 valence electrons. The van der Waals surface area contributed by atoms with Crippen LogP contribution in [0.1, 0.15) is 12.5 Å². The zero-order chi connectivity index (χ0) is 12.1. The monoisotopic (exact) mass is 237 g/mol. The van der Waals surface area contributed by atoms with Crippen LogP contribution in [0.25, 0.3) is 0 Å². The Balaban J connectivity index is 3.01. The van der Waals surface area contributed by atoms with Crippen LogP contribution in [0.2, 0.25) is 0 Å². The van der Waals surface area contributed by atoms with E-state index in [0.29, 0.717) is 16.2 Å². The van der Waals surface area contributed by atoms with Crippen molar-refractivity contribution in [2.45, 2.75) is 17.1 Å². The third-order valence-corrected chi connectivity index (χ3v) is 3.11. The van der Waals surface area contributed by atoms with Gasteiger partial charge in [-0.2, -0.15) is 5.26 Å². The molecule has 1 rings (SSSR count). The summed E-state index contributed by atoms with van der Waals surface area (Å²) < 4.78 is 5.03. The fourth-order valence-corrected chi connectivity index (χ4v) is 1.97. The van der Waals surface area contributed by atoms with Gasteiger partial charge in [-0.25, -0.2) is 0 Å². The minimum Gasteiger partial charge on any atom is -0.497 e. The van der Waals surface area contributed by atoms with E-state index in [4.69, 9.17) is 15.1 Å². The lowest BCUT2D eigenvalue weighted by Gasteiger charge is -2.09. The Labute approximate surface area is 97.8 Å². The van der Waals surface area contributed by atoms with Gasteiger partial charge in [0.1, 0.15) is 17.1 Å². The summed E-state index contributed by atoms with van der Waals surface area (Å²) >= 11 is 1.13. The average molecular weight is 237 g/mol. The summed E-state index contributed by atoms with van der Waals surface area (Å²) in [5.74, 6) is -0.296. The van der Waals surface area contributed by atoms with Crippen LogP contribution >= 0.6 is 11.8 Å². The normalized spacial score (nSPS) is 11.6. The Morgan fingerprint density at radius 2 is 2.31 bits per heavy atom. The molecule has 1 N–H and O–H groups in total. The molecular weight excluding hydrogens is 226 g/mol. The quantitative estimate of drug-likeness (QED) is 0.812. The fourth-order valence-electron chi connectivity index (χ4n) is 1.06. The fraction of sp³-hybridized carbons (Fsp3) is 0.273. The highest BCUT2D eigenvalue weighted by Crippen LogP contribution is 2.30. The first-order valence-electron chi connectivity index (χ1n) is 4.56. The van der Waals surface area contributed by atoms with Gasteiger partial charge in [-0.1, -0.05) is 0 Å². The van der Waals surface area contributed by atoms with Crippen molar-refractivity contribution in [1.29, 1.82) is 5.26 Å². The van der Waals surface area contributed by atoms with Crippen molar-refractivity contribution >= 4 is 17.7 Å². The van der Waals surface area contributed by atoms with Gasteiger partial charge in [-0.15, -0.1) is 11.8 Å². The minimum atomic E-state index is -0.906. The molecule has 1 aromatic carbocycles. The van der Waals surface area contributed by atoms with Crippen molar-refractivity contribution in [3.63, 3.8) is 0 Å². The van der Waals surface area contributed by atoms with Gasteiger partial charge in [0.05, 0.1) is 12.7 Å². The second-order valence-corrected chi connectivity index (χ2v) is 4.45. The van der Waals surface area contributed by atoms with E-state index >= 15 is 0 Å². The summed E-state index contributed by atoms with van der Waals surface area (Å²) in [6, 6.07) is 6.99. The Bertz CT molecular complexity index is 439. The maximum atomic E-state index is 10.7. The number of hydrogen-bond donors (Lipinski definition) is 1. The second kappa shape index (κ2) is 5.42. The van der Waals surface area contributed by atoms with Gasteiger partial charge in [-0.3, -0.25) is 4.79 Å². The molecule has 0 heterocycles. The zero-order valence-corrected chi connectivity index (χ0v) is 9.75. The number of ether oxygens (including phenoxy) is 1. The summed E-state index contributed by atoms with van der Waals surface area (Å²) in [4.78, 5) is 11.3. The lowest BCUT2D eigenvalue weighted by Crippen LogP contribution is -2.11. The topological polar surface area (TPSA) is 70.3 Å². The lowest BCUT2D eigenvalue weighted by atomic mass is 10.2. The van der Waals surface area contributed by atoms with Crippen LogP contribution in [-0.4, -0.2) is 23.4 Å². The van der Waals surface area contributed by atoms with Crippen LogP contribution in [0, 0.1) is 11.3 Å². The third kappa shape index (κ3) is 2.91. The average Bonchev–Trinajstić information content (AvgIpc) is 2.28. The van der Waals surface area contributed by atoms with Crippen molar-refractivity contribution in [3.8, 4) is 11.8 Å². The smallest absolute Gasteiger partial charge is 0.316 e. The molecule has 0 aliphatic rings. The molecule has 0 saturated heterocycles. The molecule has 1 aromatic rings. The van der Waals surface area contributed by atoms with E-state index in [1.807, 2.05) is 6.07 Å². The zero-order valence-electron chi connectivity index (χ0n) is 8.93. The molecule has 16 heavy (non-hydrogen) atoms. The van der Waals surface area contributed by atoms with E-state index in [1.165, 1.54) is 7.11 Å². The van der Waals surface area contributed by atoms with E-state index in [-0.39, 0.29) is 0 Å². The van der Waals surface area contributed by atoms with Gasteiger partial charge in [0.25, 0.3) is 0 Å². The predicted molar refractivity (Wildman–Crippen MR) is 60.7 cm³/mol. The Kier molecular flexibility index (Phi) is 4.20. The van der Waals surface area contributed by atoms with Crippen molar-refractivity contribution in [3.05, 3.63) is 23.8 Å². The van der Waals surface area contributed by atoms with Gasteiger partial charge >= 0.3 is 5.97 Å². The maximum Gasteiger partial charge on any atom is 0.316 e. The minimum absolute atomic E-state index is 0.457. The molecule has 0 spiro atoms. The molecule has 0 aliphatic heterocycles. The van der Waals surface area contributed by atoms with Crippen molar-refractivity contribution in [2.75, 3.05) is 7.11 Å². The largest absolute Gasteiger partial charge is 0.497 e. The molecule has 1 unspecified atom stereocenters. The Hall–Kier alpha value is -1.67.